The molecule has 0 aliphatic carbocycles. The highest BCUT2D eigenvalue weighted by molar-refractivity contribution is 5.47. The van der Waals surface area contributed by atoms with Crippen molar-refractivity contribution in [3.05, 3.63) is 58.9 Å². The Bertz CT molecular complexity index is 588. The predicted octanol–water partition coefficient (Wildman–Crippen LogP) is 4.42. The van der Waals surface area contributed by atoms with Crippen molar-refractivity contribution in [1.29, 1.82) is 0 Å². The summed E-state index contributed by atoms with van der Waals surface area (Å²) in [5.41, 5.74) is 8.85. The number of rotatable bonds is 4. The first-order valence-corrected chi connectivity index (χ1v) is 6.75. The standard InChI is InChI=1S/C17H20FNO/c1-11(2)13-8-7-12(3)9-17(13)20-10-14-15(18)5-4-6-16(14)19/h4-9,11H,10,19H2,1-3H3. The van der Waals surface area contributed by atoms with Crippen LogP contribution in [0.4, 0.5) is 10.1 Å². The van der Waals surface area contributed by atoms with E-state index in [1.54, 1.807) is 12.1 Å². The number of nitrogen functional groups attached to an aromatic ring is 1. The molecule has 2 aromatic carbocycles. The molecule has 2 N–H and O–H groups in total. The quantitative estimate of drug-likeness (QED) is 0.837. The lowest BCUT2D eigenvalue weighted by Crippen LogP contribution is -2.05. The third-order valence-corrected chi connectivity index (χ3v) is 3.32. The van der Waals surface area contributed by atoms with Crippen LogP contribution in [0.1, 0.15) is 36.5 Å². The number of halogens is 1. The zero-order chi connectivity index (χ0) is 14.7. The highest BCUT2D eigenvalue weighted by Gasteiger charge is 2.11. The van der Waals surface area contributed by atoms with Gasteiger partial charge in [-0.25, -0.2) is 4.39 Å². The molecule has 2 aromatic rings. The van der Waals surface area contributed by atoms with E-state index in [2.05, 4.69) is 26.0 Å². The SMILES string of the molecule is Cc1ccc(C(C)C)c(OCc2c(N)cccc2F)c1. The molecule has 3 heteroatoms. The summed E-state index contributed by atoms with van der Waals surface area (Å²) in [6, 6.07) is 10.8. The first kappa shape index (κ1) is 14.4. The van der Waals surface area contributed by atoms with Gasteiger partial charge in [0.1, 0.15) is 18.2 Å². The Kier molecular flexibility index (Phi) is 4.28. The van der Waals surface area contributed by atoms with Crippen LogP contribution in [-0.2, 0) is 6.61 Å². The number of anilines is 1. The van der Waals surface area contributed by atoms with Crippen molar-refractivity contribution in [2.45, 2.75) is 33.3 Å². The van der Waals surface area contributed by atoms with Gasteiger partial charge in [0.2, 0.25) is 0 Å². The smallest absolute Gasteiger partial charge is 0.131 e. The van der Waals surface area contributed by atoms with Crippen LogP contribution in [-0.4, -0.2) is 0 Å². The fraction of sp³-hybridized carbons (Fsp3) is 0.294. The molecule has 0 aliphatic heterocycles. The monoisotopic (exact) mass is 273 g/mol. The summed E-state index contributed by atoms with van der Waals surface area (Å²) in [6.45, 7) is 6.36. The van der Waals surface area contributed by atoms with Gasteiger partial charge < -0.3 is 10.5 Å². The molecule has 20 heavy (non-hydrogen) atoms. The largest absolute Gasteiger partial charge is 0.488 e. The minimum Gasteiger partial charge on any atom is -0.488 e. The molecule has 0 fully saturated rings. The van der Waals surface area contributed by atoms with E-state index in [9.17, 15) is 4.39 Å². The van der Waals surface area contributed by atoms with E-state index in [0.29, 0.717) is 17.2 Å². The average Bonchev–Trinajstić information content (AvgIpc) is 2.37. The van der Waals surface area contributed by atoms with Crippen molar-refractivity contribution in [1.82, 2.24) is 0 Å². The van der Waals surface area contributed by atoms with Crippen molar-refractivity contribution >= 4 is 5.69 Å². The molecule has 0 saturated heterocycles. The maximum absolute atomic E-state index is 13.7. The summed E-state index contributed by atoms with van der Waals surface area (Å²) in [6.07, 6.45) is 0. The van der Waals surface area contributed by atoms with Crippen molar-refractivity contribution in [3.8, 4) is 5.75 Å². The normalized spacial score (nSPS) is 10.8. The lowest BCUT2D eigenvalue weighted by molar-refractivity contribution is 0.296. The molecule has 0 amide bonds. The van der Waals surface area contributed by atoms with E-state index in [1.165, 1.54) is 6.07 Å². The van der Waals surface area contributed by atoms with Crippen LogP contribution in [0.3, 0.4) is 0 Å². The van der Waals surface area contributed by atoms with E-state index >= 15 is 0 Å². The molecule has 0 bridgehead atoms. The Labute approximate surface area is 119 Å². The van der Waals surface area contributed by atoms with Crippen LogP contribution in [0.15, 0.2) is 36.4 Å². The average molecular weight is 273 g/mol. The maximum atomic E-state index is 13.7. The molecule has 0 aliphatic rings. The Morgan fingerprint density at radius 1 is 1.20 bits per heavy atom. The summed E-state index contributed by atoms with van der Waals surface area (Å²) in [4.78, 5) is 0. The van der Waals surface area contributed by atoms with Gasteiger partial charge in [-0.15, -0.1) is 0 Å². The Morgan fingerprint density at radius 3 is 2.60 bits per heavy atom. The van der Waals surface area contributed by atoms with Gasteiger partial charge in [-0.05, 0) is 42.2 Å². The van der Waals surface area contributed by atoms with E-state index in [1.807, 2.05) is 13.0 Å². The van der Waals surface area contributed by atoms with Gasteiger partial charge >= 0.3 is 0 Å². The summed E-state index contributed by atoms with van der Waals surface area (Å²) in [7, 11) is 0. The third kappa shape index (κ3) is 3.10. The molecular weight excluding hydrogens is 253 g/mol. The summed E-state index contributed by atoms with van der Waals surface area (Å²) < 4.78 is 19.5. The van der Waals surface area contributed by atoms with Crippen LogP contribution in [0.2, 0.25) is 0 Å². The molecule has 0 spiro atoms. The summed E-state index contributed by atoms with van der Waals surface area (Å²) in [5, 5.41) is 0. The third-order valence-electron chi connectivity index (χ3n) is 3.32. The van der Waals surface area contributed by atoms with E-state index in [-0.39, 0.29) is 12.4 Å². The van der Waals surface area contributed by atoms with Gasteiger partial charge in [0, 0.05) is 11.3 Å². The number of aryl methyl sites for hydroxylation is 1. The zero-order valence-electron chi connectivity index (χ0n) is 12.1. The molecule has 0 aromatic heterocycles. The number of hydrogen-bond acceptors (Lipinski definition) is 2. The Morgan fingerprint density at radius 2 is 1.95 bits per heavy atom. The van der Waals surface area contributed by atoms with Gasteiger partial charge in [0.15, 0.2) is 0 Å². The number of benzene rings is 2. The van der Waals surface area contributed by atoms with Crippen molar-refractivity contribution in [3.63, 3.8) is 0 Å². The molecule has 0 heterocycles. The molecule has 2 nitrogen and oxygen atoms in total. The van der Waals surface area contributed by atoms with E-state index < -0.39 is 0 Å². The first-order chi connectivity index (χ1) is 9.49. The van der Waals surface area contributed by atoms with Gasteiger partial charge in [-0.3, -0.25) is 0 Å². The van der Waals surface area contributed by atoms with E-state index in [4.69, 9.17) is 10.5 Å². The lowest BCUT2D eigenvalue weighted by Gasteiger charge is -2.16. The van der Waals surface area contributed by atoms with Gasteiger partial charge in [0.05, 0.1) is 0 Å². The predicted molar refractivity (Wildman–Crippen MR) is 80.4 cm³/mol. The van der Waals surface area contributed by atoms with Crippen molar-refractivity contribution in [2.24, 2.45) is 0 Å². The van der Waals surface area contributed by atoms with Crippen LogP contribution in [0.5, 0.6) is 5.75 Å². The molecule has 0 atom stereocenters. The minimum absolute atomic E-state index is 0.141. The fourth-order valence-corrected chi connectivity index (χ4v) is 2.12. The summed E-state index contributed by atoms with van der Waals surface area (Å²) >= 11 is 0. The van der Waals surface area contributed by atoms with Gasteiger partial charge in [-0.2, -0.15) is 0 Å². The first-order valence-electron chi connectivity index (χ1n) is 6.75. The van der Waals surface area contributed by atoms with Gasteiger partial charge in [0.25, 0.3) is 0 Å². The molecule has 0 radical (unpaired) electrons. The molecular formula is C17H20FNO. The van der Waals surface area contributed by atoms with Crippen molar-refractivity contribution in [2.75, 3.05) is 5.73 Å². The van der Waals surface area contributed by atoms with Crippen LogP contribution in [0.25, 0.3) is 0 Å². The Balaban J connectivity index is 2.25. The number of nitrogens with two attached hydrogens (primary N) is 1. The van der Waals surface area contributed by atoms with Crippen LogP contribution < -0.4 is 10.5 Å². The molecule has 0 unspecified atom stereocenters. The van der Waals surface area contributed by atoms with Crippen LogP contribution >= 0.6 is 0 Å². The second-order valence-electron chi connectivity index (χ2n) is 5.29. The number of hydrogen-bond donors (Lipinski definition) is 1. The second-order valence-corrected chi connectivity index (χ2v) is 5.29. The molecule has 106 valence electrons. The minimum atomic E-state index is -0.330. The maximum Gasteiger partial charge on any atom is 0.131 e. The highest BCUT2D eigenvalue weighted by atomic mass is 19.1. The fourth-order valence-electron chi connectivity index (χ4n) is 2.12. The van der Waals surface area contributed by atoms with Crippen LogP contribution in [0, 0.1) is 12.7 Å². The molecule has 0 saturated carbocycles. The van der Waals surface area contributed by atoms with Gasteiger partial charge in [-0.1, -0.05) is 32.0 Å². The highest BCUT2D eigenvalue weighted by Crippen LogP contribution is 2.29. The molecule has 2 rings (SSSR count). The lowest BCUT2D eigenvalue weighted by atomic mass is 10.0. The second kappa shape index (κ2) is 5.95. The number of ether oxygens (including phenoxy) is 1. The summed E-state index contributed by atoms with van der Waals surface area (Å²) in [5.74, 6) is 0.815. The topological polar surface area (TPSA) is 35.2 Å². The zero-order valence-corrected chi connectivity index (χ0v) is 12.1. The van der Waals surface area contributed by atoms with E-state index in [0.717, 1.165) is 16.9 Å². The van der Waals surface area contributed by atoms with Crippen molar-refractivity contribution < 1.29 is 9.13 Å². The Hall–Kier alpha value is -2.03.